The number of anilines is 2. The topological polar surface area (TPSA) is 82.2 Å². The summed E-state index contributed by atoms with van der Waals surface area (Å²) in [6.45, 7) is 5.71. The molecule has 32 heavy (non-hydrogen) atoms. The minimum atomic E-state index is 0.267. The first kappa shape index (κ1) is 19.3. The highest BCUT2D eigenvalue weighted by molar-refractivity contribution is 5.91. The lowest BCUT2D eigenvalue weighted by Crippen LogP contribution is -2.43. The maximum absolute atomic E-state index is 6.45. The van der Waals surface area contributed by atoms with E-state index in [-0.39, 0.29) is 6.04 Å². The predicted molar refractivity (Wildman–Crippen MR) is 127 cm³/mol. The fourth-order valence-corrected chi connectivity index (χ4v) is 4.92. The van der Waals surface area contributed by atoms with Crippen molar-refractivity contribution in [3.63, 3.8) is 0 Å². The molecule has 2 saturated heterocycles. The average molecular weight is 430 g/mol. The largest absolute Gasteiger partial charge is 0.491 e. The van der Waals surface area contributed by atoms with E-state index in [2.05, 4.69) is 71.5 Å². The van der Waals surface area contributed by atoms with Crippen molar-refractivity contribution in [2.45, 2.75) is 18.9 Å². The molecule has 6 rings (SSSR count). The molecule has 0 unspecified atom stereocenters. The number of hydrogen-bond donors (Lipinski definition) is 2. The Morgan fingerprint density at radius 1 is 1.03 bits per heavy atom. The van der Waals surface area contributed by atoms with Crippen LogP contribution in [0.15, 0.2) is 49.1 Å². The summed E-state index contributed by atoms with van der Waals surface area (Å²) in [4.78, 5) is 21.1. The second-order valence-electron chi connectivity index (χ2n) is 8.50. The number of rotatable bonds is 5. The number of fused-ring (bicyclic) bond motifs is 2. The number of hydrogen-bond acceptors (Lipinski definition) is 7. The molecule has 164 valence electrons. The molecule has 2 fully saturated rings. The zero-order chi connectivity index (χ0) is 21.3. The van der Waals surface area contributed by atoms with Crippen molar-refractivity contribution in [1.29, 1.82) is 0 Å². The van der Waals surface area contributed by atoms with Gasteiger partial charge in [0.05, 0.1) is 12.4 Å². The highest BCUT2D eigenvalue weighted by Crippen LogP contribution is 2.32. The van der Waals surface area contributed by atoms with E-state index in [1.807, 2.05) is 0 Å². The van der Waals surface area contributed by atoms with Crippen molar-refractivity contribution < 1.29 is 4.74 Å². The Bertz CT molecular complexity index is 1230. The molecule has 2 aliphatic rings. The highest BCUT2D eigenvalue weighted by Gasteiger charge is 2.28. The van der Waals surface area contributed by atoms with Crippen molar-refractivity contribution in [1.82, 2.24) is 25.3 Å². The Balaban J connectivity index is 1.25. The van der Waals surface area contributed by atoms with Gasteiger partial charge in [-0.05, 0) is 36.4 Å². The molecule has 8 nitrogen and oxygen atoms in total. The molecule has 4 heterocycles. The van der Waals surface area contributed by atoms with Crippen molar-refractivity contribution in [2.75, 3.05) is 49.1 Å². The van der Waals surface area contributed by atoms with Crippen LogP contribution in [0.2, 0.25) is 0 Å². The SMILES string of the molecule is c1cc(OC[C@H]2CCCN2c2ncnc3nc[nH]c23)c2cc(N3CCNCC3)ccc2c1. The minimum absolute atomic E-state index is 0.267. The Morgan fingerprint density at radius 3 is 2.91 bits per heavy atom. The molecule has 0 saturated carbocycles. The molecule has 2 aromatic heterocycles. The minimum Gasteiger partial charge on any atom is -0.491 e. The van der Waals surface area contributed by atoms with E-state index in [9.17, 15) is 0 Å². The summed E-state index contributed by atoms with van der Waals surface area (Å²) in [6, 6.07) is 13.3. The normalized spacial score (nSPS) is 19.2. The fraction of sp³-hybridized carbons (Fsp3) is 0.375. The Labute approximate surface area is 186 Å². The van der Waals surface area contributed by atoms with E-state index in [0.717, 1.165) is 62.6 Å². The maximum atomic E-state index is 6.45. The molecule has 0 aliphatic carbocycles. The molecular formula is C24H27N7O. The van der Waals surface area contributed by atoms with Crippen LogP contribution < -0.4 is 19.9 Å². The summed E-state index contributed by atoms with van der Waals surface area (Å²) in [5.74, 6) is 1.86. The number of nitrogens with one attached hydrogen (secondary N) is 2. The van der Waals surface area contributed by atoms with E-state index in [1.54, 1.807) is 12.7 Å². The number of nitrogens with zero attached hydrogens (tertiary/aromatic N) is 5. The molecule has 0 radical (unpaired) electrons. The monoisotopic (exact) mass is 429 g/mol. The summed E-state index contributed by atoms with van der Waals surface area (Å²) >= 11 is 0. The third-order valence-electron chi connectivity index (χ3n) is 6.59. The zero-order valence-electron chi connectivity index (χ0n) is 18.0. The second kappa shape index (κ2) is 8.27. The molecule has 0 bridgehead atoms. The van der Waals surface area contributed by atoms with E-state index in [4.69, 9.17) is 4.74 Å². The van der Waals surface area contributed by atoms with E-state index >= 15 is 0 Å². The number of aromatic nitrogens is 4. The lowest BCUT2D eigenvalue weighted by Gasteiger charge is -2.30. The van der Waals surface area contributed by atoms with Gasteiger partial charge in [-0.2, -0.15) is 0 Å². The standard InChI is InChI=1S/C24H27N7O/c1-3-17-6-7-18(30-11-8-25-9-12-30)13-20(17)21(5-1)32-14-19-4-2-10-31(19)24-22-23(27-15-26-22)28-16-29-24/h1,3,5-7,13,15-16,19,25H,2,4,8-12,14H2,(H,26,27,28,29)/t19-/m1/s1. The van der Waals surface area contributed by atoms with Gasteiger partial charge in [0.1, 0.15) is 24.2 Å². The van der Waals surface area contributed by atoms with E-state index in [0.29, 0.717) is 12.3 Å². The van der Waals surface area contributed by atoms with Gasteiger partial charge in [0.15, 0.2) is 11.5 Å². The van der Waals surface area contributed by atoms with Gasteiger partial charge < -0.3 is 24.8 Å². The quantitative estimate of drug-likeness (QED) is 0.505. The van der Waals surface area contributed by atoms with Crippen molar-refractivity contribution >= 4 is 33.4 Å². The molecular weight excluding hydrogens is 402 g/mol. The Morgan fingerprint density at radius 2 is 1.97 bits per heavy atom. The van der Waals surface area contributed by atoms with E-state index in [1.165, 1.54) is 16.5 Å². The van der Waals surface area contributed by atoms with Crippen LogP contribution in [0.1, 0.15) is 12.8 Å². The van der Waals surface area contributed by atoms with Crippen LogP contribution in [-0.4, -0.2) is 65.3 Å². The van der Waals surface area contributed by atoms with Crippen LogP contribution in [0.25, 0.3) is 21.9 Å². The number of ether oxygens (including phenoxy) is 1. The first-order valence-electron chi connectivity index (χ1n) is 11.4. The molecule has 2 N–H and O–H groups in total. The Hall–Kier alpha value is -3.39. The number of imidazole rings is 1. The lowest BCUT2D eigenvalue weighted by atomic mass is 10.1. The fourth-order valence-electron chi connectivity index (χ4n) is 4.92. The first-order chi connectivity index (χ1) is 15.9. The second-order valence-corrected chi connectivity index (χ2v) is 8.50. The molecule has 1 atom stereocenters. The van der Waals surface area contributed by atoms with Gasteiger partial charge in [-0.1, -0.05) is 18.2 Å². The van der Waals surface area contributed by atoms with Crippen LogP contribution in [0.3, 0.4) is 0 Å². The third-order valence-corrected chi connectivity index (χ3v) is 6.59. The maximum Gasteiger partial charge on any atom is 0.182 e. The summed E-state index contributed by atoms with van der Waals surface area (Å²) < 4.78 is 6.45. The van der Waals surface area contributed by atoms with Crippen molar-refractivity contribution in [2.24, 2.45) is 0 Å². The summed E-state index contributed by atoms with van der Waals surface area (Å²) in [7, 11) is 0. The van der Waals surface area contributed by atoms with Crippen LogP contribution in [0, 0.1) is 0 Å². The number of piperazine rings is 1. The average Bonchev–Trinajstić information content (AvgIpc) is 3.52. The first-order valence-corrected chi connectivity index (χ1v) is 11.4. The molecule has 0 spiro atoms. The third kappa shape index (κ3) is 3.50. The molecule has 0 amide bonds. The Kier molecular flexibility index (Phi) is 4.99. The molecule has 4 aromatic rings. The molecule has 2 aliphatic heterocycles. The van der Waals surface area contributed by atoms with Gasteiger partial charge in [-0.15, -0.1) is 0 Å². The van der Waals surface area contributed by atoms with Gasteiger partial charge in [0, 0.05) is 43.8 Å². The lowest BCUT2D eigenvalue weighted by molar-refractivity contribution is 0.291. The van der Waals surface area contributed by atoms with Gasteiger partial charge in [-0.3, -0.25) is 0 Å². The van der Waals surface area contributed by atoms with Crippen LogP contribution in [0.5, 0.6) is 5.75 Å². The number of H-pyrrole nitrogens is 1. The van der Waals surface area contributed by atoms with Crippen LogP contribution in [0.4, 0.5) is 11.5 Å². The van der Waals surface area contributed by atoms with Gasteiger partial charge >= 0.3 is 0 Å². The molecule has 2 aromatic carbocycles. The van der Waals surface area contributed by atoms with E-state index < -0.39 is 0 Å². The summed E-state index contributed by atoms with van der Waals surface area (Å²) in [5, 5.41) is 5.81. The van der Waals surface area contributed by atoms with Gasteiger partial charge in [0.25, 0.3) is 0 Å². The smallest absolute Gasteiger partial charge is 0.182 e. The summed E-state index contributed by atoms with van der Waals surface area (Å²) in [5.41, 5.74) is 2.86. The van der Waals surface area contributed by atoms with Crippen LogP contribution in [-0.2, 0) is 0 Å². The van der Waals surface area contributed by atoms with Crippen molar-refractivity contribution in [3.8, 4) is 5.75 Å². The van der Waals surface area contributed by atoms with Gasteiger partial charge in [-0.25, -0.2) is 15.0 Å². The zero-order valence-corrected chi connectivity index (χ0v) is 18.0. The highest BCUT2D eigenvalue weighted by atomic mass is 16.5. The number of aromatic amines is 1. The number of benzene rings is 2. The van der Waals surface area contributed by atoms with Crippen LogP contribution >= 0.6 is 0 Å². The summed E-state index contributed by atoms with van der Waals surface area (Å²) in [6.07, 6.45) is 5.47. The van der Waals surface area contributed by atoms with Gasteiger partial charge in [0.2, 0.25) is 0 Å². The molecule has 8 heteroatoms. The van der Waals surface area contributed by atoms with Crippen molar-refractivity contribution in [3.05, 3.63) is 49.1 Å². The predicted octanol–water partition coefficient (Wildman–Crippen LogP) is 2.96.